The number of nitrogens with one attached hydrogen (secondary N) is 2. The highest BCUT2D eigenvalue weighted by molar-refractivity contribution is 5.80. The van der Waals surface area contributed by atoms with Crippen LogP contribution in [0.3, 0.4) is 0 Å². The van der Waals surface area contributed by atoms with Crippen LogP contribution in [0.5, 0.6) is 0 Å². The molecule has 0 radical (unpaired) electrons. The maximum absolute atomic E-state index is 12.1. The van der Waals surface area contributed by atoms with Crippen LogP contribution in [0.1, 0.15) is 31.9 Å². The Labute approximate surface area is 102 Å². The molecule has 2 N–H and O–H groups in total. The minimum absolute atomic E-state index is 0.0176. The van der Waals surface area contributed by atoms with Crippen molar-refractivity contribution in [2.75, 3.05) is 6.54 Å². The molecule has 2 rings (SSSR count). The molecule has 4 heteroatoms. The van der Waals surface area contributed by atoms with Crippen molar-refractivity contribution in [1.29, 1.82) is 0 Å². The van der Waals surface area contributed by atoms with Gasteiger partial charge >= 0.3 is 0 Å². The highest BCUT2D eigenvalue weighted by Crippen LogP contribution is 2.17. The van der Waals surface area contributed by atoms with E-state index in [2.05, 4.69) is 22.5 Å². The summed E-state index contributed by atoms with van der Waals surface area (Å²) in [6.07, 6.45) is 4.45. The molecule has 1 aliphatic heterocycles. The Kier molecular flexibility index (Phi) is 3.74. The molecule has 0 saturated carbocycles. The van der Waals surface area contributed by atoms with Crippen LogP contribution in [0.4, 0.5) is 0 Å². The van der Waals surface area contributed by atoms with Crippen molar-refractivity contribution in [3.8, 4) is 0 Å². The van der Waals surface area contributed by atoms with E-state index in [1.807, 2.05) is 19.1 Å². The van der Waals surface area contributed by atoms with Crippen molar-refractivity contribution in [3.05, 3.63) is 30.1 Å². The predicted octanol–water partition coefficient (Wildman–Crippen LogP) is 1.26. The van der Waals surface area contributed by atoms with E-state index in [9.17, 15) is 4.79 Å². The van der Waals surface area contributed by atoms with Crippen molar-refractivity contribution in [1.82, 2.24) is 15.6 Å². The number of hydrogen-bond donors (Lipinski definition) is 2. The van der Waals surface area contributed by atoms with Crippen LogP contribution < -0.4 is 10.6 Å². The van der Waals surface area contributed by atoms with E-state index >= 15 is 0 Å². The van der Waals surface area contributed by atoms with Gasteiger partial charge in [-0.3, -0.25) is 9.78 Å². The van der Waals surface area contributed by atoms with Crippen molar-refractivity contribution >= 4 is 5.91 Å². The normalized spacial score (nSPS) is 25.5. The highest BCUT2D eigenvalue weighted by atomic mass is 16.2. The van der Waals surface area contributed by atoms with E-state index in [1.165, 1.54) is 0 Å². The summed E-state index contributed by atoms with van der Waals surface area (Å²) in [4.78, 5) is 16.1. The second-order valence-electron chi connectivity index (χ2n) is 4.65. The fourth-order valence-corrected chi connectivity index (χ4v) is 2.25. The predicted molar refractivity (Wildman–Crippen MR) is 66.4 cm³/mol. The fraction of sp³-hybridized carbons (Fsp3) is 0.538. The molecule has 1 aliphatic rings. The lowest BCUT2D eigenvalue weighted by Crippen LogP contribution is -2.37. The van der Waals surface area contributed by atoms with Gasteiger partial charge in [0.25, 0.3) is 0 Å². The number of nitrogens with zero attached hydrogens (tertiary/aromatic N) is 1. The Morgan fingerprint density at radius 2 is 2.47 bits per heavy atom. The van der Waals surface area contributed by atoms with Gasteiger partial charge in [0.05, 0.1) is 12.0 Å². The average Bonchev–Trinajstić information content (AvgIpc) is 2.76. The zero-order chi connectivity index (χ0) is 12.3. The van der Waals surface area contributed by atoms with Crippen molar-refractivity contribution < 1.29 is 4.79 Å². The summed E-state index contributed by atoms with van der Waals surface area (Å²) in [6, 6.07) is 4.16. The van der Waals surface area contributed by atoms with Crippen LogP contribution in [0.25, 0.3) is 0 Å². The van der Waals surface area contributed by atoms with Crippen molar-refractivity contribution in [2.24, 2.45) is 5.92 Å². The molecule has 17 heavy (non-hydrogen) atoms. The first-order chi connectivity index (χ1) is 8.18. The lowest BCUT2D eigenvalue weighted by molar-refractivity contribution is -0.125. The molecule has 0 bridgehead atoms. The minimum Gasteiger partial charge on any atom is -0.349 e. The number of hydrogen-bond acceptors (Lipinski definition) is 3. The second-order valence-corrected chi connectivity index (χ2v) is 4.65. The molecule has 4 nitrogen and oxygen atoms in total. The summed E-state index contributed by atoms with van der Waals surface area (Å²) in [7, 11) is 0. The molecule has 1 aromatic heterocycles. The molecule has 0 spiro atoms. The summed E-state index contributed by atoms with van der Waals surface area (Å²) in [5, 5.41) is 6.34. The molecule has 1 saturated heterocycles. The lowest BCUT2D eigenvalue weighted by atomic mass is 10.0. The summed E-state index contributed by atoms with van der Waals surface area (Å²) < 4.78 is 0. The van der Waals surface area contributed by atoms with Gasteiger partial charge in [0.2, 0.25) is 5.91 Å². The van der Waals surface area contributed by atoms with Gasteiger partial charge in [-0.25, -0.2) is 0 Å². The summed E-state index contributed by atoms with van der Waals surface area (Å²) >= 11 is 0. The maximum Gasteiger partial charge on any atom is 0.225 e. The number of amides is 1. The van der Waals surface area contributed by atoms with E-state index in [-0.39, 0.29) is 23.9 Å². The van der Waals surface area contributed by atoms with Gasteiger partial charge in [-0.15, -0.1) is 0 Å². The topological polar surface area (TPSA) is 54.0 Å². The second kappa shape index (κ2) is 5.27. The first-order valence-corrected chi connectivity index (χ1v) is 6.12. The van der Waals surface area contributed by atoms with Gasteiger partial charge in [-0.1, -0.05) is 6.07 Å². The van der Waals surface area contributed by atoms with E-state index in [4.69, 9.17) is 0 Å². The molecule has 2 heterocycles. The van der Waals surface area contributed by atoms with Gasteiger partial charge < -0.3 is 10.6 Å². The van der Waals surface area contributed by atoms with Gasteiger partial charge in [0.1, 0.15) is 0 Å². The van der Waals surface area contributed by atoms with E-state index in [1.54, 1.807) is 12.4 Å². The zero-order valence-corrected chi connectivity index (χ0v) is 10.3. The minimum atomic E-state index is 0.0176. The summed E-state index contributed by atoms with van der Waals surface area (Å²) in [6.45, 7) is 4.98. The molecule has 0 aromatic carbocycles. The quantitative estimate of drug-likeness (QED) is 0.826. The van der Waals surface area contributed by atoms with Crippen LogP contribution in [0.2, 0.25) is 0 Å². The first-order valence-electron chi connectivity index (χ1n) is 6.12. The van der Waals surface area contributed by atoms with E-state index in [0.717, 1.165) is 18.5 Å². The number of rotatable bonds is 3. The monoisotopic (exact) mass is 233 g/mol. The highest BCUT2D eigenvalue weighted by Gasteiger charge is 2.29. The molecular formula is C13H19N3O. The van der Waals surface area contributed by atoms with Gasteiger partial charge in [-0.2, -0.15) is 0 Å². The van der Waals surface area contributed by atoms with E-state index in [0.29, 0.717) is 0 Å². The Hall–Kier alpha value is -1.42. The maximum atomic E-state index is 12.1. The lowest BCUT2D eigenvalue weighted by Gasteiger charge is -2.19. The van der Waals surface area contributed by atoms with Crippen LogP contribution in [-0.2, 0) is 4.79 Å². The molecular weight excluding hydrogens is 214 g/mol. The largest absolute Gasteiger partial charge is 0.349 e. The van der Waals surface area contributed by atoms with Crippen LogP contribution >= 0.6 is 0 Å². The number of carbonyl (C=O) groups excluding carboxylic acids is 1. The van der Waals surface area contributed by atoms with Crippen LogP contribution in [0, 0.1) is 5.92 Å². The van der Waals surface area contributed by atoms with Crippen molar-refractivity contribution in [2.45, 2.75) is 32.4 Å². The third kappa shape index (κ3) is 2.82. The third-order valence-corrected chi connectivity index (χ3v) is 3.41. The van der Waals surface area contributed by atoms with Crippen molar-refractivity contribution in [3.63, 3.8) is 0 Å². The third-order valence-electron chi connectivity index (χ3n) is 3.41. The summed E-state index contributed by atoms with van der Waals surface area (Å²) in [5.74, 6) is 0.230. The molecule has 1 aromatic rings. The fourth-order valence-electron chi connectivity index (χ4n) is 2.25. The number of aromatic nitrogens is 1. The Balaban J connectivity index is 1.95. The van der Waals surface area contributed by atoms with E-state index < -0.39 is 0 Å². The smallest absolute Gasteiger partial charge is 0.225 e. The molecule has 1 fully saturated rings. The summed E-state index contributed by atoms with van der Waals surface area (Å²) in [5.41, 5.74) is 1.04. The zero-order valence-electron chi connectivity index (χ0n) is 10.3. The molecule has 2 unspecified atom stereocenters. The molecule has 92 valence electrons. The van der Waals surface area contributed by atoms with Crippen LogP contribution in [-0.4, -0.2) is 23.5 Å². The average molecular weight is 233 g/mol. The first kappa shape index (κ1) is 12.0. The van der Waals surface area contributed by atoms with Gasteiger partial charge in [0.15, 0.2) is 0 Å². The van der Waals surface area contributed by atoms with Crippen LogP contribution in [0.15, 0.2) is 24.5 Å². The molecule has 0 aliphatic carbocycles. The Morgan fingerprint density at radius 1 is 1.65 bits per heavy atom. The SMILES string of the molecule is CC1NCCC1C(=O)N[C@H](C)c1cccnc1. The molecule has 3 atom stereocenters. The Morgan fingerprint density at radius 3 is 3.06 bits per heavy atom. The molecule has 1 amide bonds. The number of pyridine rings is 1. The van der Waals surface area contributed by atoms with Gasteiger partial charge in [-0.05, 0) is 38.4 Å². The number of carbonyl (C=O) groups is 1. The Bertz CT molecular complexity index is 380. The van der Waals surface area contributed by atoms with Gasteiger partial charge in [0, 0.05) is 18.4 Å². The standard InChI is InChI=1S/C13H19N3O/c1-9(11-4-3-6-14-8-11)16-13(17)12-5-7-15-10(12)2/h3-4,6,8-10,12,15H,5,7H2,1-2H3,(H,16,17)/t9-,10?,12?/m1/s1.